The van der Waals surface area contributed by atoms with Gasteiger partial charge in [-0.05, 0) is 51.2 Å². The Labute approximate surface area is 166 Å². The molecule has 2 aromatic carbocycles. The van der Waals surface area contributed by atoms with Gasteiger partial charge in [-0.1, -0.05) is 36.4 Å². The molecule has 1 aliphatic heterocycles. The normalized spacial score (nSPS) is 19.3. The van der Waals surface area contributed by atoms with Gasteiger partial charge in [-0.15, -0.1) is 0 Å². The van der Waals surface area contributed by atoms with Crippen LogP contribution in [0.25, 0.3) is 10.8 Å². The summed E-state index contributed by atoms with van der Waals surface area (Å²) >= 11 is 0. The fourth-order valence-corrected chi connectivity index (χ4v) is 4.01. The van der Waals surface area contributed by atoms with Gasteiger partial charge in [0.15, 0.2) is 0 Å². The molecule has 1 amide bonds. The first kappa shape index (κ1) is 20.3. The Bertz CT molecular complexity index is 833. The molecule has 2 N–H and O–H groups in total. The summed E-state index contributed by atoms with van der Waals surface area (Å²) < 4.78 is 0. The fourth-order valence-electron chi connectivity index (χ4n) is 4.01. The number of carboxylic acids is 1. The van der Waals surface area contributed by atoms with Crippen LogP contribution in [0.5, 0.6) is 0 Å². The third-order valence-corrected chi connectivity index (χ3v) is 5.71. The van der Waals surface area contributed by atoms with Crippen molar-refractivity contribution in [2.45, 2.75) is 38.3 Å². The number of rotatable bonds is 6. The summed E-state index contributed by atoms with van der Waals surface area (Å²) in [6, 6.07) is 14.0. The molecule has 1 heterocycles. The minimum atomic E-state index is -0.800. The zero-order valence-corrected chi connectivity index (χ0v) is 16.6. The van der Waals surface area contributed by atoms with Gasteiger partial charge >= 0.3 is 5.97 Å². The van der Waals surface area contributed by atoms with Crippen molar-refractivity contribution in [2.24, 2.45) is 0 Å². The predicted octanol–water partition coefficient (Wildman–Crippen LogP) is 3.04. The molecule has 0 bridgehead atoms. The van der Waals surface area contributed by atoms with E-state index in [1.54, 1.807) is 0 Å². The lowest BCUT2D eigenvalue weighted by Gasteiger charge is -2.28. The minimum absolute atomic E-state index is 0.00584. The number of nitrogens with one attached hydrogen (secondary N) is 1. The van der Waals surface area contributed by atoms with Crippen molar-refractivity contribution in [1.82, 2.24) is 9.80 Å². The zero-order chi connectivity index (χ0) is 20.1. The molecule has 0 radical (unpaired) electrons. The molecule has 150 valence electrons. The van der Waals surface area contributed by atoms with Gasteiger partial charge in [-0.2, -0.15) is 0 Å². The van der Waals surface area contributed by atoms with Crippen molar-refractivity contribution in [2.75, 3.05) is 32.0 Å². The van der Waals surface area contributed by atoms with Crippen molar-refractivity contribution in [3.8, 4) is 0 Å². The molecule has 2 unspecified atom stereocenters. The average molecular weight is 383 g/mol. The average Bonchev–Trinajstić information content (AvgIpc) is 2.93. The summed E-state index contributed by atoms with van der Waals surface area (Å²) in [5.74, 6) is -0.805. The first-order valence-electron chi connectivity index (χ1n) is 9.90. The van der Waals surface area contributed by atoms with Crippen LogP contribution in [0.1, 0.15) is 26.2 Å². The van der Waals surface area contributed by atoms with Crippen LogP contribution in [-0.4, -0.2) is 65.5 Å². The van der Waals surface area contributed by atoms with Crippen LogP contribution in [0.2, 0.25) is 0 Å². The summed E-state index contributed by atoms with van der Waals surface area (Å²) in [4.78, 5) is 28.0. The predicted molar refractivity (Wildman–Crippen MR) is 112 cm³/mol. The van der Waals surface area contributed by atoms with Gasteiger partial charge in [0, 0.05) is 23.7 Å². The number of fused-ring (bicyclic) bond motifs is 1. The molecular formula is C22H29N3O3. The standard InChI is InChI=1S/C22H29N3O3/c1-16(25-13-6-9-18(12-14-25)24(2)15-21(26)27)22(28)23-20-11-5-8-17-7-3-4-10-19(17)20/h3-5,7-8,10-11,16,18H,6,9,12-15H2,1-2H3,(H,23,28)(H,26,27). The number of hydrogen-bond acceptors (Lipinski definition) is 4. The number of aliphatic carboxylic acids is 1. The van der Waals surface area contributed by atoms with Crippen LogP contribution in [0.4, 0.5) is 5.69 Å². The lowest BCUT2D eigenvalue weighted by molar-refractivity contribution is -0.138. The fraction of sp³-hybridized carbons (Fsp3) is 0.455. The summed E-state index contributed by atoms with van der Waals surface area (Å²) in [7, 11) is 1.87. The number of carboxylic acid groups (broad SMARTS) is 1. The van der Waals surface area contributed by atoms with E-state index in [0.29, 0.717) is 0 Å². The summed E-state index contributed by atoms with van der Waals surface area (Å²) in [6.45, 7) is 3.64. The Morgan fingerprint density at radius 1 is 1.18 bits per heavy atom. The number of carbonyl (C=O) groups is 2. The topological polar surface area (TPSA) is 72.9 Å². The van der Waals surface area contributed by atoms with Gasteiger partial charge in [0.05, 0.1) is 12.6 Å². The molecule has 3 rings (SSSR count). The zero-order valence-electron chi connectivity index (χ0n) is 16.6. The second kappa shape index (κ2) is 9.17. The Balaban J connectivity index is 1.62. The van der Waals surface area contributed by atoms with E-state index >= 15 is 0 Å². The van der Waals surface area contributed by atoms with Crippen molar-refractivity contribution in [3.63, 3.8) is 0 Å². The summed E-state index contributed by atoms with van der Waals surface area (Å²) in [6.07, 6.45) is 2.79. The number of amides is 1. The molecule has 1 fully saturated rings. The van der Waals surface area contributed by atoms with Crippen molar-refractivity contribution >= 4 is 28.3 Å². The molecule has 1 aliphatic rings. The molecule has 2 aromatic rings. The third-order valence-electron chi connectivity index (χ3n) is 5.71. The van der Waals surface area contributed by atoms with E-state index in [2.05, 4.69) is 10.2 Å². The SMILES string of the molecule is CC(C(=O)Nc1cccc2ccccc12)N1CCCC(N(C)CC(=O)O)CC1. The second-order valence-corrected chi connectivity index (χ2v) is 7.62. The molecule has 2 atom stereocenters. The Morgan fingerprint density at radius 2 is 1.93 bits per heavy atom. The highest BCUT2D eigenvalue weighted by Crippen LogP contribution is 2.24. The number of anilines is 1. The summed E-state index contributed by atoms with van der Waals surface area (Å²) in [5.41, 5.74) is 0.837. The van der Waals surface area contributed by atoms with E-state index in [1.165, 1.54) is 0 Å². The Morgan fingerprint density at radius 3 is 2.71 bits per heavy atom. The highest BCUT2D eigenvalue weighted by molar-refractivity contribution is 6.03. The van der Waals surface area contributed by atoms with Crippen LogP contribution in [0.3, 0.4) is 0 Å². The third kappa shape index (κ3) is 4.88. The lowest BCUT2D eigenvalue weighted by atomic mass is 10.1. The van der Waals surface area contributed by atoms with Crippen LogP contribution >= 0.6 is 0 Å². The van der Waals surface area contributed by atoms with Crippen molar-refractivity contribution < 1.29 is 14.7 Å². The summed E-state index contributed by atoms with van der Waals surface area (Å²) in [5, 5.41) is 14.2. The maximum atomic E-state index is 12.9. The van der Waals surface area contributed by atoms with E-state index in [1.807, 2.05) is 61.3 Å². The number of carbonyl (C=O) groups excluding carboxylic acids is 1. The van der Waals surface area contributed by atoms with Crippen molar-refractivity contribution in [3.05, 3.63) is 42.5 Å². The molecule has 0 saturated carbocycles. The van der Waals surface area contributed by atoms with Gasteiger partial charge in [-0.3, -0.25) is 19.4 Å². The molecular weight excluding hydrogens is 354 g/mol. The Kier molecular flexibility index (Phi) is 6.65. The number of benzene rings is 2. The first-order chi connectivity index (χ1) is 13.5. The maximum Gasteiger partial charge on any atom is 0.317 e. The highest BCUT2D eigenvalue weighted by atomic mass is 16.4. The van der Waals surface area contributed by atoms with E-state index in [0.717, 1.165) is 48.8 Å². The van der Waals surface area contributed by atoms with Gasteiger partial charge in [0.1, 0.15) is 0 Å². The second-order valence-electron chi connectivity index (χ2n) is 7.62. The molecule has 28 heavy (non-hydrogen) atoms. The van der Waals surface area contributed by atoms with Crippen LogP contribution in [-0.2, 0) is 9.59 Å². The van der Waals surface area contributed by atoms with E-state index in [-0.39, 0.29) is 24.5 Å². The number of nitrogens with zero attached hydrogens (tertiary/aromatic N) is 2. The largest absolute Gasteiger partial charge is 0.480 e. The van der Waals surface area contributed by atoms with Crippen LogP contribution < -0.4 is 5.32 Å². The van der Waals surface area contributed by atoms with Gasteiger partial charge in [0.25, 0.3) is 0 Å². The monoisotopic (exact) mass is 383 g/mol. The smallest absolute Gasteiger partial charge is 0.317 e. The molecule has 0 spiro atoms. The van der Waals surface area contributed by atoms with E-state index < -0.39 is 5.97 Å². The van der Waals surface area contributed by atoms with Crippen LogP contribution in [0.15, 0.2) is 42.5 Å². The maximum absolute atomic E-state index is 12.9. The first-order valence-corrected chi connectivity index (χ1v) is 9.90. The van der Waals surface area contributed by atoms with Gasteiger partial charge in [0.2, 0.25) is 5.91 Å². The Hall–Kier alpha value is -2.44. The van der Waals surface area contributed by atoms with E-state index in [4.69, 9.17) is 5.11 Å². The molecule has 0 aromatic heterocycles. The molecule has 6 nitrogen and oxygen atoms in total. The van der Waals surface area contributed by atoms with E-state index in [9.17, 15) is 9.59 Å². The number of hydrogen-bond donors (Lipinski definition) is 2. The number of likely N-dealkylation sites (N-methyl/N-ethyl adjacent to an activating group) is 1. The quantitative estimate of drug-likeness (QED) is 0.802. The van der Waals surface area contributed by atoms with Gasteiger partial charge in [-0.25, -0.2) is 0 Å². The number of likely N-dealkylation sites (tertiary alicyclic amines) is 1. The van der Waals surface area contributed by atoms with Crippen LogP contribution in [0, 0.1) is 0 Å². The molecule has 6 heteroatoms. The molecule has 1 saturated heterocycles. The lowest BCUT2D eigenvalue weighted by Crippen LogP contribution is -2.43. The van der Waals surface area contributed by atoms with Gasteiger partial charge < -0.3 is 10.4 Å². The van der Waals surface area contributed by atoms with Crippen molar-refractivity contribution in [1.29, 1.82) is 0 Å². The highest BCUT2D eigenvalue weighted by Gasteiger charge is 2.27. The minimum Gasteiger partial charge on any atom is -0.480 e. The molecule has 0 aliphatic carbocycles.